The molecule has 1 aromatic carbocycles. The number of aliphatic carboxylic acids is 1. The summed E-state index contributed by atoms with van der Waals surface area (Å²) >= 11 is -1.55. The topological polar surface area (TPSA) is 72.4 Å². The van der Waals surface area contributed by atoms with Gasteiger partial charge in [0.25, 0.3) is 0 Å². The highest BCUT2D eigenvalue weighted by atomic mass is 32.2. The number of rotatable bonds is 5. The number of carboxylic acid groups (broad SMARTS) is 1. The lowest BCUT2D eigenvalue weighted by atomic mass is 9.78. The van der Waals surface area contributed by atoms with Crippen LogP contribution < -0.4 is 4.72 Å². The van der Waals surface area contributed by atoms with Crippen LogP contribution in [0.25, 0.3) is 0 Å². The van der Waals surface area contributed by atoms with E-state index in [0.29, 0.717) is 4.90 Å². The zero-order chi connectivity index (χ0) is 17.2. The largest absolute Gasteiger partial charge is 0.593 e. The normalized spacial score (nSPS) is 16.2. The van der Waals surface area contributed by atoms with Crippen molar-refractivity contribution in [2.75, 3.05) is 0 Å². The van der Waals surface area contributed by atoms with Gasteiger partial charge in [-0.1, -0.05) is 45.4 Å². The molecule has 0 saturated heterocycles. The first-order valence-corrected chi connectivity index (χ1v) is 8.58. The first-order valence-electron chi connectivity index (χ1n) is 7.43. The van der Waals surface area contributed by atoms with Crippen molar-refractivity contribution in [2.45, 2.75) is 59.4 Å². The minimum atomic E-state index is -1.55. The van der Waals surface area contributed by atoms with Gasteiger partial charge in [0, 0.05) is 11.1 Å². The van der Waals surface area contributed by atoms with E-state index < -0.39 is 23.4 Å². The third-order valence-electron chi connectivity index (χ3n) is 4.16. The van der Waals surface area contributed by atoms with Crippen LogP contribution in [0.4, 0.5) is 0 Å². The fourth-order valence-corrected chi connectivity index (χ4v) is 3.86. The van der Waals surface area contributed by atoms with Gasteiger partial charge in [-0.2, -0.15) is 0 Å². The third-order valence-corrected chi connectivity index (χ3v) is 5.64. The summed E-state index contributed by atoms with van der Waals surface area (Å²) < 4.78 is 15.5. The number of aryl methyl sites for hydroxylation is 3. The number of hydrogen-bond acceptors (Lipinski definition) is 3. The molecule has 2 unspecified atom stereocenters. The van der Waals surface area contributed by atoms with E-state index in [2.05, 4.69) is 4.72 Å². The van der Waals surface area contributed by atoms with Gasteiger partial charge in [0.05, 0.1) is 11.4 Å². The van der Waals surface area contributed by atoms with Crippen LogP contribution in [0.15, 0.2) is 17.0 Å². The Labute approximate surface area is 136 Å². The average Bonchev–Trinajstić information content (AvgIpc) is 2.32. The highest BCUT2D eigenvalue weighted by molar-refractivity contribution is 7.89. The summed E-state index contributed by atoms with van der Waals surface area (Å²) in [7, 11) is 0. The predicted octanol–water partition coefficient (Wildman–Crippen LogP) is 3.36. The molecular formula is C17H27NO3S. The summed E-state index contributed by atoms with van der Waals surface area (Å²) in [5.74, 6) is -1.14. The number of nitrogens with one attached hydrogen (secondary N) is 1. The molecule has 0 fully saturated rings. The van der Waals surface area contributed by atoms with Gasteiger partial charge in [-0.05, 0) is 32.1 Å². The van der Waals surface area contributed by atoms with E-state index in [1.54, 1.807) is 0 Å². The molecule has 124 valence electrons. The van der Waals surface area contributed by atoms with Gasteiger partial charge in [-0.15, -0.1) is 4.72 Å². The van der Waals surface area contributed by atoms with E-state index in [0.717, 1.165) is 16.7 Å². The molecule has 1 rings (SSSR count). The molecule has 0 spiro atoms. The molecule has 0 bridgehead atoms. The van der Waals surface area contributed by atoms with Crippen LogP contribution in [0.1, 0.15) is 44.4 Å². The zero-order valence-corrected chi connectivity index (χ0v) is 15.3. The van der Waals surface area contributed by atoms with Crippen LogP contribution >= 0.6 is 0 Å². The highest BCUT2D eigenvalue weighted by Crippen LogP contribution is 2.30. The van der Waals surface area contributed by atoms with Crippen molar-refractivity contribution in [1.82, 2.24) is 4.72 Å². The molecule has 0 aliphatic heterocycles. The van der Waals surface area contributed by atoms with E-state index in [1.165, 1.54) is 0 Å². The number of benzene rings is 1. The average molecular weight is 325 g/mol. The maximum absolute atomic E-state index is 12.7. The van der Waals surface area contributed by atoms with Crippen molar-refractivity contribution in [3.05, 3.63) is 28.8 Å². The van der Waals surface area contributed by atoms with Crippen molar-refractivity contribution in [1.29, 1.82) is 0 Å². The van der Waals surface area contributed by atoms with Crippen LogP contribution in [-0.4, -0.2) is 21.7 Å². The van der Waals surface area contributed by atoms with Crippen LogP contribution in [-0.2, 0) is 16.2 Å². The summed E-state index contributed by atoms with van der Waals surface area (Å²) in [6, 6.07) is 3.07. The molecule has 0 radical (unpaired) electrons. The molecule has 0 aliphatic rings. The molecule has 5 heteroatoms. The molecule has 0 aromatic heterocycles. The second kappa shape index (κ2) is 7.02. The summed E-state index contributed by atoms with van der Waals surface area (Å²) in [5, 5.41) is 9.49. The van der Waals surface area contributed by atoms with Crippen molar-refractivity contribution >= 4 is 17.3 Å². The molecule has 4 nitrogen and oxygen atoms in total. The molecule has 2 N–H and O–H groups in total. The Bertz CT molecular complexity index is 528. The Hall–Kier alpha value is -1.04. The van der Waals surface area contributed by atoms with Gasteiger partial charge >= 0.3 is 5.97 Å². The predicted molar refractivity (Wildman–Crippen MR) is 90.2 cm³/mol. The lowest BCUT2D eigenvalue weighted by Gasteiger charge is -2.32. The van der Waals surface area contributed by atoms with Crippen molar-refractivity contribution < 1.29 is 14.5 Å². The van der Waals surface area contributed by atoms with Crippen LogP contribution in [0, 0.1) is 32.1 Å². The first-order chi connectivity index (χ1) is 9.95. The molecule has 1 aromatic rings. The van der Waals surface area contributed by atoms with E-state index in [9.17, 15) is 14.5 Å². The van der Waals surface area contributed by atoms with Crippen molar-refractivity contribution in [3.8, 4) is 0 Å². The minimum Gasteiger partial charge on any atom is -0.593 e. The van der Waals surface area contributed by atoms with Gasteiger partial charge in [-0.3, -0.25) is 4.79 Å². The fraction of sp³-hybridized carbons (Fsp3) is 0.588. The maximum Gasteiger partial charge on any atom is 0.325 e. The molecule has 0 heterocycles. The monoisotopic (exact) mass is 325 g/mol. The second-order valence-corrected chi connectivity index (χ2v) is 8.27. The van der Waals surface area contributed by atoms with E-state index >= 15 is 0 Å². The van der Waals surface area contributed by atoms with E-state index in [-0.39, 0.29) is 11.3 Å². The maximum atomic E-state index is 12.7. The Balaban J connectivity index is 3.08. The van der Waals surface area contributed by atoms with Gasteiger partial charge < -0.3 is 9.66 Å². The number of carboxylic acids is 1. The second-order valence-electron chi connectivity index (χ2n) is 7.09. The highest BCUT2D eigenvalue weighted by Gasteiger charge is 2.37. The zero-order valence-electron chi connectivity index (χ0n) is 14.5. The van der Waals surface area contributed by atoms with E-state index in [4.69, 9.17) is 0 Å². The summed E-state index contributed by atoms with van der Waals surface area (Å²) in [6.07, 6.45) is 0. The van der Waals surface area contributed by atoms with Crippen LogP contribution in [0.2, 0.25) is 0 Å². The SMILES string of the molecule is Cc1cc(C)c([S@+]([O-])NC(C(=O)O)C(C)C(C)(C)C)c(C)c1. The Morgan fingerprint density at radius 2 is 1.68 bits per heavy atom. The quantitative estimate of drug-likeness (QED) is 0.814. The Kier molecular flexibility index (Phi) is 6.07. The molecular weight excluding hydrogens is 298 g/mol. The summed E-state index contributed by atoms with van der Waals surface area (Å²) in [5.41, 5.74) is 2.73. The first kappa shape index (κ1) is 19.0. The van der Waals surface area contributed by atoms with Gasteiger partial charge in [0.1, 0.15) is 0 Å². The minimum absolute atomic E-state index is 0.167. The Morgan fingerprint density at radius 3 is 2.05 bits per heavy atom. The molecule has 22 heavy (non-hydrogen) atoms. The van der Waals surface area contributed by atoms with Gasteiger partial charge in [-0.25, -0.2) is 0 Å². The molecule has 3 atom stereocenters. The van der Waals surface area contributed by atoms with E-state index in [1.807, 2.05) is 60.6 Å². The molecule has 0 amide bonds. The lowest BCUT2D eigenvalue weighted by molar-refractivity contribution is -0.141. The number of hydrogen-bond donors (Lipinski definition) is 2. The van der Waals surface area contributed by atoms with Crippen LogP contribution in [0.5, 0.6) is 0 Å². The van der Waals surface area contributed by atoms with Gasteiger partial charge in [0.15, 0.2) is 10.9 Å². The van der Waals surface area contributed by atoms with Gasteiger partial charge in [0.2, 0.25) is 0 Å². The number of carbonyl (C=O) groups is 1. The standard InChI is InChI=1S/C17H27NO3S/c1-10-8-11(2)15(12(3)9-10)22(21)18-14(16(19)20)13(4)17(5,6)7/h8-9,13-14,18H,1-7H3,(H,19,20)/t13?,14?,22-/m0/s1. The lowest BCUT2D eigenvalue weighted by Crippen LogP contribution is -2.48. The summed E-state index contributed by atoms with van der Waals surface area (Å²) in [6.45, 7) is 13.6. The third kappa shape index (κ3) is 4.48. The summed E-state index contributed by atoms with van der Waals surface area (Å²) in [4.78, 5) is 12.3. The van der Waals surface area contributed by atoms with Crippen molar-refractivity contribution in [3.63, 3.8) is 0 Å². The Morgan fingerprint density at radius 1 is 1.23 bits per heavy atom. The fourth-order valence-electron chi connectivity index (χ4n) is 2.50. The van der Waals surface area contributed by atoms with Crippen molar-refractivity contribution in [2.24, 2.45) is 11.3 Å². The molecule has 0 aliphatic carbocycles. The van der Waals surface area contributed by atoms with Crippen LogP contribution in [0.3, 0.4) is 0 Å². The smallest absolute Gasteiger partial charge is 0.325 e. The molecule has 0 saturated carbocycles.